The first-order valence-electron chi connectivity index (χ1n) is 7.43. The van der Waals surface area contributed by atoms with Crippen LogP contribution in [-0.4, -0.2) is 38.5 Å². The van der Waals surface area contributed by atoms with Crippen molar-refractivity contribution in [3.05, 3.63) is 59.1 Å². The molecule has 5 nitrogen and oxygen atoms in total. The zero-order valence-corrected chi connectivity index (χ0v) is 16.3. The van der Waals surface area contributed by atoms with Crippen molar-refractivity contribution >= 4 is 45.0 Å². The maximum Gasteiger partial charge on any atom is 0.242 e. The summed E-state index contributed by atoms with van der Waals surface area (Å²) in [7, 11) is -0.593. The van der Waals surface area contributed by atoms with E-state index < -0.39 is 10.0 Å². The van der Waals surface area contributed by atoms with Gasteiger partial charge >= 0.3 is 0 Å². The number of carbonyl (C=O) groups is 1. The number of sulfonamides is 1. The van der Waals surface area contributed by atoms with E-state index >= 15 is 0 Å². The Kier molecular flexibility index (Phi) is 6.89. The standard InChI is InChI=1S/C17H19ClN2O3S2/c1-20(2)25(22,23)16-5-3-4-15(10-16)19-17(21)12-24-11-13-6-8-14(18)9-7-13/h3-10H,11-12H2,1-2H3,(H,19,21). The topological polar surface area (TPSA) is 66.5 Å². The van der Waals surface area contributed by atoms with Crippen LogP contribution in [0.5, 0.6) is 0 Å². The number of carbonyl (C=O) groups excluding carboxylic acids is 1. The highest BCUT2D eigenvalue weighted by atomic mass is 35.5. The highest BCUT2D eigenvalue weighted by Gasteiger charge is 2.17. The summed E-state index contributed by atoms with van der Waals surface area (Å²) in [6.07, 6.45) is 0. The lowest BCUT2D eigenvalue weighted by molar-refractivity contribution is -0.113. The quantitative estimate of drug-likeness (QED) is 0.775. The van der Waals surface area contributed by atoms with E-state index in [0.29, 0.717) is 16.5 Å². The second-order valence-electron chi connectivity index (χ2n) is 5.48. The van der Waals surface area contributed by atoms with Gasteiger partial charge in [0.05, 0.1) is 10.6 Å². The first-order chi connectivity index (χ1) is 11.8. The smallest absolute Gasteiger partial charge is 0.242 e. The Balaban J connectivity index is 1.91. The van der Waals surface area contributed by atoms with Crippen LogP contribution in [0.25, 0.3) is 0 Å². The summed E-state index contributed by atoms with van der Waals surface area (Å²) < 4.78 is 25.4. The fraction of sp³-hybridized carbons (Fsp3) is 0.235. The molecule has 0 saturated heterocycles. The second kappa shape index (κ2) is 8.71. The van der Waals surface area contributed by atoms with Gasteiger partial charge in [-0.3, -0.25) is 4.79 Å². The van der Waals surface area contributed by atoms with Crippen molar-refractivity contribution in [1.29, 1.82) is 0 Å². The molecule has 0 atom stereocenters. The van der Waals surface area contributed by atoms with Gasteiger partial charge in [0.15, 0.2) is 0 Å². The Bertz CT molecular complexity index is 837. The largest absolute Gasteiger partial charge is 0.325 e. The van der Waals surface area contributed by atoms with E-state index in [2.05, 4.69) is 5.32 Å². The second-order valence-corrected chi connectivity index (χ2v) is 9.06. The number of halogens is 1. The van der Waals surface area contributed by atoms with E-state index in [-0.39, 0.29) is 16.6 Å². The number of benzene rings is 2. The monoisotopic (exact) mass is 398 g/mol. The van der Waals surface area contributed by atoms with Gasteiger partial charge in [-0.25, -0.2) is 12.7 Å². The minimum Gasteiger partial charge on any atom is -0.325 e. The molecule has 0 aliphatic heterocycles. The molecule has 2 rings (SSSR count). The Morgan fingerprint density at radius 3 is 2.48 bits per heavy atom. The van der Waals surface area contributed by atoms with Crippen LogP contribution in [0, 0.1) is 0 Å². The maximum atomic E-state index is 12.1. The van der Waals surface area contributed by atoms with Gasteiger partial charge in [-0.2, -0.15) is 0 Å². The molecular formula is C17H19ClN2O3S2. The van der Waals surface area contributed by atoms with Crippen LogP contribution in [0.15, 0.2) is 53.4 Å². The molecule has 2 aromatic rings. The summed E-state index contributed by atoms with van der Waals surface area (Å²) in [5.74, 6) is 0.783. The van der Waals surface area contributed by atoms with Gasteiger partial charge < -0.3 is 5.32 Å². The lowest BCUT2D eigenvalue weighted by Gasteiger charge is -2.12. The summed E-state index contributed by atoms with van der Waals surface area (Å²) in [6.45, 7) is 0. The van der Waals surface area contributed by atoms with Gasteiger partial charge in [-0.15, -0.1) is 11.8 Å². The van der Waals surface area contributed by atoms with Crippen LogP contribution in [0.4, 0.5) is 5.69 Å². The predicted octanol–water partition coefficient (Wildman–Crippen LogP) is 3.46. The highest BCUT2D eigenvalue weighted by Crippen LogP contribution is 2.19. The molecule has 0 aliphatic rings. The molecule has 0 saturated carbocycles. The molecule has 1 amide bonds. The molecule has 0 heterocycles. The van der Waals surface area contributed by atoms with E-state index in [1.807, 2.05) is 24.3 Å². The third kappa shape index (κ3) is 5.74. The fourth-order valence-electron chi connectivity index (χ4n) is 1.98. The van der Waals surface area contributed by atoms with Crippen molar-refractivity contribution in [3.8, 4) is 0 Å². The van der Waals surface area contributed by atoms with Gasteiger partial charge in [-0.1, -0.05) is 29.8 Å². The summed E-state index contributed by atoms with van der Waals surface area (Å²) >= 11 is 7.31. The first kappa shape index (κ1) is 19.8. The third-order valence-electron chi connectivity index (χ3n) is 3.31. The van der Waals surface area contributed by atoms with E-state index in [9.17, 15) is 13.2 Å². The van der Waals surface area contributed by atoms with E-state index in [4.69, 9.17) is 11.6 Å². The van der Waals surface area contributed by atoms with Crippen molar-refractivity contribution < 1.29 is 13.2 Å². The lowest BCUT2D eigenvalue weighted by Crippen LogP contribution is -2.22. The molecular weight excluding hydrogens is 380 g/mol. The molecule has 1 N–H and O–H groups in total. The molecule has 0 fully saturated rings. The van der Waals surface area contributed by atoms with Crippen LogP contribution in [-0.2, 0) is 20.6 Å². The van der Waals surface area contributed by atoms with Crippen molar-refractivity contribution in [2.24, 2.45) is 0 Å². The molecule has 134 valence electrons. The van der Waals surface area contributed by atoms with Gasteiger partial charge in [0.1, 0.15) is 0 Å². The lowest BCUT2D eigenvalue weighted by atomic mass is 10.2. The Labute approximate surface area is 157 Å². The van der Waals surface area contributed by atoms with Gasteiger partial charge in [-0.05, 0) is 35.9 Å². The average Bonchev–Trinajstić information content (AvgIpc) is 2.56. The van der Waals surface area contributed by atoms with Crippen molar-refractivity contribution in [2.75, 3.05) is 25.2 Å². The van der Waals surface area contributed by atoms with Crippen LogP contribution >= 0.6 is 23.4 Å². The molecule has 8 heteroatoms. The Morgan fingerprint density at radius 1 is 1.16 bits per heavy atom. The summed E-state index contributed by atoms with van der Waals surface area (Å²) in [5.41, 5.74) is 1.54. The number of anilines is 1. The van der Waals surface area contributed by atoms with Crippen LogP contribution < -0.4 is 5.32 Å². The number of hydrogen-bond donors (Lipinski definition) is 1. The van der Waals surface area contributed by atoms with E-state index in [1.54, 1.807) is 12.1 Å². The van der Waals surface area contributed by atoms with Crippen molar-refractivity contribution in [2.45, 2.75) is 10.6 Å². The predicted molar refractivity (Wildman–Crippen MR) is 104 cm³/mol. The molecule has 0 spiro atoms. The van der Waals surface area contributed by atoms with Crippen LogP contribution in [0.3, 0.4) is 0 Å². The maximum absolute atomic E-state index is 12.1. The van der Waals surface area contributed by atoms with Gasteiger partial charge in [0.2, 0.25) is 15.9 Å². The number of hydrogen-bond acceptors (Lipinski definition) is 4. The summed E-state index contributed by atoms with van der Waals surface area (Å²) in [4.78, 5) is 12.2. The minimum atomic E-state index is -3.53. The zero-order chi connectivity index (χ0) is 18.4. The SMILES string of the molecule is CN(C)S(=O)(=O)c1cccc(NC(=O)CSCc2ccc(Cl)cc2)c1. The molecule has 0 aliphatic carbocycles. The van der Waals surface area contributed by atoms with Gasteiger partial charge in [0, 0.05) is 30.6 Å². The highest BCUT2D eigenvalue weighted by molar-refractivity contribution is 7.99. The normalized spacial score (nSPS) is 11.5. The third-order valence-corrected chi connectivity index (χ3v) is 6.38. The zero-order valence-electron chi connectivity index (χ0n) is 13.9. The number of amides is 1. The molecule has 0 radical (unpaired) electrons. The van der Waals surface area contributed by atoms with Crippen molar-refractivity contribution in [3.63, 3.8) is 0 Å². The van der Waals surface area contributed by atoms with Crippen LogP contribution in [0.1, 0.15) is 5.56 Å². The molecule has 25 heavy (non-hydrogen) atoms. The molecule has 2 aromatic carbocycles. The molecule has 0 unspecified atom stereocenters. The summed E-state index contributed by atoms with van der Waals surface area (Å²) in [6, 6.07) is 13.7. The molecule has 0 aromatic heterocycles. The summed E-state index contributed by atoms with van der Waals surface area (Å²) in [5, 5.41) is 3.40. The Morgan fingerprint density at radius 2 is 1.84 bits per heavy atom. The van der Waals surface area contributed by atoms with Gasteiger partial charge in [0.25, 0.3) is 0 Å². The number of nitrogens with zero attached hydrogens (tertiary/aromatic N) is 1. The minimum absolute atomic E-state index is 0.143. The fourth-order valence-corrected chi connectivity index (χ4v) is 3.85. The first-order valence-corrected chi connectivity index (χ1v) is 10.4. The number of nitrogens with one attached hydrogen (secondary N) is 1. The average molecular weight is 399 g/mol. The van der Waals surface area contributed by atoms with E-state index in [1.165, 1.54) is 38.0 Å². The van der Waals surface area contributed by atoms with Crippen molar-refractivity contribution in [1.82, 2.24) is 4.31 Å². The Hall–Kier alpha value is -1.54. The number of rotatable bonds is 7. The van der Waals surface area contributed by atoms with Crippen LogP contribution in [0.2, 0.25) is 5.02 Å². The molecule has 0 bridgehead atoms. The number of thioether (sulfide) groups is 1. The van der Waals surface area contributed by atoms with E-state index in [0.717, 1.165) is 9.87 Å².